The van der Waals surface area contributed by atoms with E-state index >= 15 is 0 Å². The number of aliphatic hydroxyl groups is 4. The lowest BCUT2D eigenvalue weighted by Gasteiger charge is -2.22. The third kappa shape index (κ3) is 8.10. The van der Waals surface area contributed by atoms with Crippen molar-refractivity contribution in [3.05, 3.63) is 23.3 Å². The number of terminal acetylenes is 2. The van der Waals surface area contributed by atoms with Crippen molar-refractivity contribution in [2.24, 2.45) is 0 Å². The van der Waals surface area contributed by atoms with Crippen LogP contribution in [0.5, 0.6) is 11.5 Å². The molecule has 0 heterocycles. The molecule has 0 aliphatic carbocycles. The Labute approximate surface area is 187 Å². The molecule has 0 aromatic heterocycles. The molecule has 0 spiro atoms. The zero-order valence-electron chi connectivity index (χ0n) is 17.7. The van der Waals surface area contributed by atoms with Crippen LogP contribution in [0.4, 0.5) is 0 Å². The number of hydrogen-bond donors (Lipinski definition) is 4. The maximum Gasteiger partial charge on any atom is 0.260 e. The lowest BCUT2D eigenvalue weighted by atomic mass is 10.1. The van der Waals surface area contributed by atoms with Crippen molar-refractivity contribution in [3.8, 4) is 36.2 Å². The van der Waals surface area contributed by atoms with E-state index in [1.807, 2.05) is 0 Å². The number of hydrogen-bond acceptors (Lipinski definition) is 8. The summed E-state index contributed by atoms with van der Waals surface area (Å²) in [7, 11) is 0. The molecule has 0 atom stereocenters. The fraction of sp³-hybridized carbons (Fsp3) is 0.455. The van der Waals surface area contributed by atoms with Gasteiger partial charge in [0.1, 0.15) is 11.5 Å². The predicted octanol–water partition coefficient (Wildman–Crippen LogP) is -1.97. The highest BCUT2D eigenvalue weighted by Crippen LogP contribution is 2.28. The van der Waals surface area contributed by atoms with E-state index in [1.165, 1.54) is 21.9 Å². The first-order valence-electron chi connectivity index (χ1n) is 9.81. The van der Waals surface area contributed by atoms with Gasteiger partial charge in [0.05, 0.1) is 37.6 Å². The fourth-order valence-corrected chi connectivity index (χ4v) is 2.69. The second kappa shape index (κ2) is 14.7. The van der Waals surface area contributed by atoms with Gasteiger partial charge < -0.3 is 39.7 Å². The standard InChI is InChI=1S/C22H28N2O8/c1-3-17-13-20(32-16-22(30)24(7-11-27)8-12-28)18(4-2)14-19(17)31-15-21(29)23(5-9-25)6-10-26/h1-2,13-14,25-28H,5-12,15-16H2. The Bertz CT molecular complexity index is 762. The van der Waals surface area contributed by atoms with Crippen molar-refractivity contribution < 1.29 is 39.5 Å². The van der Waals surface area contributed by atoms with E-state index in [0.717, 1.165) is 0 Å². The van der Waals surface area contributed by atoms with Crippen LogP contribution >= 0.6 is 0 Å². The molecule has 1 aromatic carbocycles. The van der Waals surface area contributed by atoms with E-state index in [-0.39, 0.29) is 75.2 Å². The van der Waals surface area contributed by atoms with Crippen LogP contribution < -0.4 is 9.47 Å². The smallest absolute Gasteiger partial charge is 0.260 e. The molecule has 1 rings (SSSR count). The van der Waals surface area contributed by atoms with Gasteiger partial charge in [0.2, 0.25) is 0 Å². The normalized spacial score (nSPS) is 10.1. The van der Waals surface area contributed by atoms with Crippen molar-refractivity contribution in [2.45, 2.75) is 0 Å². The molecular weight excluding hydrogens is 420 g/mol. The summed E-state index contributed by atoms with van der Waals surface area (Å²) < 4.78 is 11.0. The van der Waals surface area contributed by atoms with Gasteiger partial charge in [0, 0.05) is 38.3 Å². The molecule has 0 bridgehead atoms. The van der Waals surface area contributed by atoms with Crippen molar-refractivity contribution in [3.63, 3.8) is 0 Å². The van der Waals surface area contributed by atoms with Crippen LogP contribution in [0.2, 0.25) is 0 Å². The van der Waals surface area contributed by atoms with Crippen LogP contribution in [-0.2, 0) is 9.59 Å². The van der Waals surface area contributed by atoms with Gasteiger partial charge in [-0.15, -0.1) is 12.8 Å². The monoisotopic (exact) mass is 448 g/mol. The third-order valence-corrected chi connectivity index (χ3v) is 4.28. The molecule has 10 heteroatoms. The maximum atomic E-state index is 12.2. The molecule has 4 N–H and O–H groups in total. The highest BCUT2D eigenvalue weighted by molar-refractivity contribution is 5.78. The molecule has 0 radical (unpaired) electrons. The van der Waals surface area contributed by atoms with Gasteiger partial charge >= 0.3 is 0 Å². The minimum Gasteiger partial charge on any atom is -0.482 e. The van der Waals surface area contributed by atoms with Crippen molar-refractivity contribution in [1.82, 2.24) is 9.80 Å². The van der Waals surface area contributed by atoms with Gasteiger partial charge in [-0.2, -0.15) is 0 Å². The largest absolute Gasteiger partial charge is 0.482 e. The zero-order valence-corrected chi connectivity index (χ0v) is 17.7. The van der Waals surface area contributed by atoms with E-state index in [2.05, 4.69) is 11.8 Å². The predicted molar refractivity (Wildman–Crippen MR) is 115 cm³/mol. The van der Waals surface area contributed by atoms with Gasteiger partial charge in [0.15, 0.2) is 13.2 Å². The average Bonchev–Trinajstić information content (AvgIpc) is 2.80. The van der Waals surface area contributed by atoms with Crippen LogP contribution in [0.3, 0.4) is 0 Å². The molecule has 0 saturated carbocycles. The summed E-state index contributed by atoms with van der Waals surface area (Å²) in [6.45, 7) is -1.65. The second-order valence-electron chi connectivity index (χ2n) is 6.37. The van der Waals surface area contributed by atoms with E-state index in [9.17, 15) is 9.59 Å². The number of rotatable bonds is 14. The number of benzene rings is 1. The topological polar surface area (TPSA) is 140 Å². The van der Waals surface area contributed by atoms with Crippen LogP contribution in [0.1, 0.15) is 11.1 Å². The van der Waals surface area contributed by atoms with E-state index < -0.39 is 25.0 Å². The van der Waals surface area contributed by atoms with Gasteiger partial charge in [0.25, 0.3) is 11.8 Å². The van der Waals surface area contributed by atoms with E-state index in [1.54, 1.807) is 0 Å². The average molecular weight is 448 g/mol. The molecule has 32 heavy (non-hydrogen) atoms. The molecule has 174 valence electrons. The molecule has 2 amide bonds. The van der Waals surface area contributed by atoms with Crippen molar-refractivity contribution in [1.29, 1.82) is 0 Å². The Morgan fingerprint density at radius 3 is 1.28 bits per heavy atom. The van der Waals surface area contributed by atoms with E-state index in [0.29, 0.717) is 0 Å². The Kier molecular flexibility index (Phi) is 12.3. The highest BCUT2D eigenvalue weighted by atomic mass is 16.5. The molecule has 0 aliphatic heterocycles. The summed E-state index contributed by atoms with van der Waals surface area (Å²) in [6, 6.07) is 2.81. The minimum absolute atomic E-state index is 0.0464. The highest BCUT2D eigenvalue weighted by Gasteiger charge is 2.18. The van der Waals surface area contributed by atoms with Crippen LogP contribution in [0.15, 0.2) is 12.1 Å². The number of carbonyl (C=O) groups excluding carboxylic acids is 2. The summed E-state index contributed by atoms with van der Waals surface area (Å²) in [5.41, 5.74) is 0.468. The van der Waals surface area contributed by atoms with Gasteiger partial charge in [-0.05, 0) is 0 Å². The minimum atomic E-state index is -0.461. The first-order chi connectivity index (χ1) is 15.4. The first-order valence-corrected chi connectivity index (χ1v) is 9.81. The number of carbonyl (C=O) groups is 2. The van der Waals surface area contributed by atoms with Crippen molar-refractivity contribution >= 4 is 11.8 Å². The lowest BCUT2D eigenvalue weighted by Crippen LogP contribution is -2.39. The number of ether oxygens (including phenoxy) is 2. The fourth-order valence-electron chi connectivity index (χ4n) is 2.69. The lowest BCUT2D eigenvalue weighted by molar-refractivity contribution is -0.135. The summed E-state index contributed by atoms with van der Waals surface area (Å²) in [6.07, 6.45) is 11.1. The van der Waals surface area contributed by atoms with Crippen LogP contribution in [0.25, 0.3) is 0 Å². The Morgan fingerprint density at radius 2 is 1.03 bits per heavy atom. The van der Waals surface area contributed by atoms with E-state index in [4.69, 9.17) is 42.7 Å². The second-order valence-corrected chi connectivity index (χ2v) is 6.37. The quantitative estimate of drug-likeness (QED) is 0.241. The SMILES string of the molecule is C#Cc1cc(OCC(=O)N(CCO)CCO)c(C#C)cc1OCC(=O)N(CCO)CCO. The Balaban J connectivity index is 2.95. The first kappa shape index (κ1) is 26.8. The molecule has 1 aromatic rings. The van der Waals surface area contributed by atoms with Crippen LogP contribution in [-0.4, -0.2) is 108 Å². The number of aliphatic hydroxyl groups excluding tert-OH is 4. The van der Waals surface area contributed by atoms with Crippen molar-refractivity contribution in [2.75, 3.05) is 65.8 Å². The zero-order chi connectivity index (χ0) is 23.9. The van der Waals surface area contributed by atoms with Crippen LogP contribution in [0, 0.1) is 24.7 Å². The Morgan fingerprint density at radius 1 is 0.719 bits per heavy atom. The number of nitrogens with zero attached hydrogens (tertiary/aromatic N) is 2. The molecule has 0 saturated heterocycles. The summed E-state index contributed by atoms with van der Waals surface area (Å²) in [4.78, 5) is 27.0. The molecule has 0 fully saturated rings. The van der Waals surface area contributed by atoms with Gasteiger partial charge in [-0.1, -0.05) is 11.8 Å². The molecule has 0 unspecified atom stereocenters. The summed E-state index contributed by atoms with van der Waals surface area (Å²) in [5, 5.41) is 36.1. The summed E-state index contributed by atoms with van der Waals surface area (Å²) >= 11 is 0. The van der Waals surface area contributed by atoms with Gasteiger partial charge in [-0.3, -0.25) is 9.59 Å². The molecular formula is C22H28N2O8. The number of amides is 2. The van der Waals surface area contributed by atoms with Gasteiger partial charge in [-0.25, -0.2) is 0 Å². The summed E-state index contributed by atoms with van der Waals surface area (Å²) in [5.74, 6) is 4.19. The molecule has 0 aliphatic rings. The maximum absolute atomic E-state index is 12.2. The Hall–Kier alpha value is -3.28. The molecule has 10 nitrogen and oxygen atoms in total. The third-order valence-electron chi connectivity index (χ3n) is 4.28.